The van der Waals surface area contributed by atoms with Gasteiger partial charge in [-0.3, -0.25) is 4.79 Å². The van der Waals surface area contributed by atoms with Gasteiger partial charge < -0.3 is 15.5 Å². The maximum atomic E-state index is 11.0. The number of carboxylic acid groups (broad SMARTS) is 1. The van der Waals surface area contributed by atoms with Gasteiger partial charge in [0.05, 0.1) is 5.60 Å². The normalized spacial score (nSPS) is 20.9. The Morgan fingerprint density at radius 1 is 1.44 bits per heavy atom. The lowest BCUT2D eigenvalue weighted by Crippen LogP contribution is -2.46. The van der Waals surface area contributed by atoms with Crippen molar-refractivity contribution in [2.75, 3.05) is 6.54 Å². The van der Waals surface area contributed by atoms with Crippen LogP contribution < -0.4 is 5.32 Å². The van der Waals surface area contributed by atoms with Gasteiger partial charge in [0.1, 0.15) is 6.04 Å². The lowest BCUT2D eigenvalue weighted by atomic mass is 10.0. The zero-order valence-corrected chi connectivity index (χ0v) is 10.0. The van der Waals surface area contributed by atoms with Crippen molar-refractivity contribution < 1.29 is 15.0 Å². The summed E-state index contributed by atoms with van der Waals surface area (Å²) < 4.78 is 0. The molecule has 1 aliphatic rings. The van der Waals surface area contributed by atoms with Crippen LogP contribution in [0.25, 0.3) is 0 Å². The van der Waals surface area contributed by atoms with Crippen molar-refractivity contribution in [2.24, 2.45) is 0 Å². The van der Waals surface area contributed by atoms with E-state index in [1.54, 1.807) is 0 Å². The summed E-state index contributed by atoms with van der Waals surface area (Å²) in [6, 6.07) is -0.510. The number of carbonyl (C=O) groups is 1. The standard InChI is InChI=1S/C12H23NO3/c1-2-3-6-10(11(14)15)13-9-12(16)7-4-5-8-12/h10,13,16H,2-9H2,1H3,(H,14,15). The van der Waals surface area contributed by atoms with Crippen LogP contribution in [-0.4, -0.2) is 34.4 Å². The molecule has 0 radical (unpaired) electrons. The fourth-order valence-corrected chi connectivity index (χ4v) is 2.24. The highest BCUT2D eigenvalue weighted by molar-refractivity contribution is 5.73. The fraction of sp³-hybridized carbons (Fsp3) is 0.917. The minimum Gasteiger partial charge on any atom is -0.480 e. The molecule has 1 unspecified atom stereocenters. The molecule has 0 bridgehead atoms. The van der Waals surface area contributed by atoms with Gasteiger partial charge in [0.2, 0.25) is 0 Å². The minimum absolute atomic E-state index is 0.410. The summed E-state index contributed by atoms with van der Waals surface area (Å²) in [4.78, 5) is 11.0. The topological polar surface area (TPSA) is 69.6 Å². The van der Waals surface area contributed by atoms with Crippen molar-refractivity contribution in [3.8, 4) is 0 Å². The number of hydrogen-bond donors (Lipinski definition) is 3. The van der Waals surface area contributed by atoms with Crippen molar-refractivity contribution in [1.82, 2.24) is 5.32 Å². The zero-order chi connectivity index (χ0) is 12.0. The molecule has 4 nitrogen and oxygen atoms in total. The monoisotopic (exact) mass is 229 g/mol. The average Bonchev–Trinajstić information content (AvgIpc) is 2.65. The summed E-state index contributed by atoms with van der Waals surface area (Å²) in [5, 5.41) is 22.1. The quantitative estimate of drug-likeness (QED) is 0.619. The van der Waals surface area contributed by atoms with Gasteiger partial charge in [-0.05, 0) is 19.3 Å². The van der Waals surface area contributed by atoms with E-state index in [1.807, 2.05) is 6.92 Å². The predicted octanol–water partition coefficient (Wildman–Crippen LogP) is 1.52. The van der Waals surface area contributed by atoms with Crippen LogP contribution in [0.4, 0.5) is 0 Å². The third-order valence-corrected chi connectivity index (χ3v) is 3.36. The SMILES string of the molecule is CCCCC(NCC1(O)CCCC1)C(=O)O. The molecule has 16 heavy (non-hydrogen) atoms. The van der Waals surface area contributed by atoms with Gasteiger partial charge in [-0.25, -0.2) is 0 Å². The first-order chi connectivity index (χ1) is 7.57. The van der Waals surface area contributed by atoms with Gasteiger partial charge in [-0.15, -0.1) is 0 Å². The van der Waals surface area contributed by atoms with E-state index >= 15 is 0 Å². The Morgan fingerprint density at radius 3 is 2.56 bits per heavy atom. The fourth-order valence-electron chi connectivity index (χ4n) is 2.24. The van der Waals surface area contributed by atoms with Gasteiger partial charge in [-0.1, -0.05) is 32.6 Å². The van der Waals surface area contributed by atoms with Crippen LogP contribution in [0, 0.1) is 0 Å². The highest BCUT2D eigenvalue weighted by Gasteiger charge is 2.32. The molecule has 0 saturated heterocycles. The second kappa shape index (κ2) is 6.21. The van der Waals surface area contributed by atoms with E-state index in [0.717, 1.165) is 38.5 Å². The molecule has 3 N–H and O–H groups in total. The highest BCUT2D eigenvalue weighted by atomic mass is 16.4. The Labute approximate surface area is 97.0 Å². The molecule has 0 aliphatic heterocycles. The first-order valence-electron chi connectivity index (χ1n) is 6.26. The van der Waals surface area contributed by atoms with Gasteiger partial charge in [0, 0.05) is 6.54 Å². The molecule has 1 rings (SSSR count). The summed E-state index contributed by atoms with van der Waals surface area (Å²) in [6.07, 6.45) is 6.22. The molecule has 1 aliphatic carbocycles. The molecule has 4 heteroatoms. The Kier molecular flexibility index (Phi) is 5.22. The lowest BCUT2D eigenvalue weighted by Gasteiger charge is -2.25. The van der Waals surface area contributed by atoms with E-state index in [0.29, 0.717) is 13.0 Å². The number of nitrogens with one attached hydrogen (secondary N) is 1. The van der Waals surface area contributed by atoms with Gasteiger partial charge in [0.25, 0.3) is 0 Å². The van der Waals surface area contributed by atoms with Crippen LogP contribution in [-0.2, 0) is 4.79 Å². The lowest BCUT2D eigenvalue weighted by molar-refractivity contribution is -0.140. The zero-order valence-electron chi connectivity index (χ0n) is 10.0. The minimum atomic E-state index is -0.810. The number of hydrogen-bond acceptors (Lipinski definition) is 3. The van der Waals surface area contributed by atoms with E-state index in [-0.39, 0.29) is 0 Å². The van der Waals surface area contributed by atoms with Crippen LogP contribution in [0.5, 0.6) is 0 Å². The summed E-state index contributed by atoms with van der Waals surface area (Å²) >= 11 is 0. The number of unbranched alkanes of at least 4 members (excludes halogenated alkanes) is 1. The molecule has 1 fully saturated rings. The van der Waals surface area contributed by atoms with Crippen molar-refractivity contribution in [2.45, 2.75) is 63.5 Å². The van der Waals surface area contributed by atoms with Crippen molar-refractivity contribution in [1.29, 1.82) is 0 Å². The Hall–Kier alpha value is -0.610. The first-order valence-corrected chi connectivity index (χ1v) is 6.26. The van der Waals surface area contributed by atoms with Gasteiger partial charge in [0.15, 0.2) is 0 Å². The van der Waals surface area contributed by atoms with Crippen LogP contribution in [0.1, 0.15) is 51.9 Å². The maximum Gasteiger partial charge on any atom is 0.320 e. The molecule has 94 valence electrons. The molecular formula is C12H23NO3. The molecular weight excluding hydrogens is 206 g/mol. The number of aliphatic hydroxyl groups is 1. The van der Waals surface area contributed by atoms with E-state index < -0.39 is 17.6 Å². The molecule has 0 heterocycles. The smallest absolute Gasteiger partial charge is 0.320 e. The largest absolute Gasteiger partial charge is 0.480 e. The molecule has 0 spiro atoms. The molecule has 0 aromatic rings. The second-order valence-corrected chi connectivity index (χ2v) is 4.85. The van der Waals surface area contributed by atoms with Crippen LogP contribution in [0.3, 0.4) is 0 Å². The molecule has 0 amide bonds. The highest BCUT2D eigenvalue weighted by Crippen LogP contribution is 2.28. The average molecular weight is 229 g/mol. The third kappa shape index (κ3) is 4.10. The first kappa shape index (κ1) is 13.5. The number of rotatable bonds is 7. The molecule has 0 aromatic heterocycles. The number of aliphatic carboxylic acids is 1. The Bertz CT molecular complexity index is 224. The summed E-state index contributed by atoms with van der Waals surface area (Å²) in [7, 11) is 0. The maximum absolute atomic E-state index is 11.0. The van der Waals surface area contributed by atoms with Gasteiger partial charge >= 0.3 is 5.97 Å². The van der Waals surface area contributed by atoms with Crippen LogP contribution >= 0.6 is 0 Å². The number of carboxylic acids is 1. The summed E-state index contributed by atoms with van der Waals surface area (Å²) in [5.74, 6) is -0.810. The van der Waals surface area contributed by atoms with Crippen LogP contribution in [0.2, 0.25) is 0 Å². The van der Waals surface area contributed by atoms with Crippen molar-refractivity contribution in [3.63, 3.8) is 0 Å². The van der Waals surface area contributed by atoms with Crippen molar-refractivity contribution in [3.05, 3.63) is 0 Å². The Balaban J connectivity index is 2.34. The Morgan fingerprint density at radius 2 is 2.06 bits per heavy atom. The van der Waals surface area contributed by atoms with Crippen LogP contribution in [0.15, 0.2) is 0 Å². The van der Waals surface area contributed by atoms with Crippen molar-refractivity contribution >= 4 is 5.97 Å². The predicted molar refractivity (Wildman–Crippen MR) is 62.4 cm³/mol. The van der Waals surface area contributed by atoms with E-state index in [2.05, 4.69) is 5.32 Å². The summed E-state index contributed by atoms with van der Waals surface area (Å²) in [5.41, 5.74) is -0.667. The van der Waals surface area contributed by atoms with E-state index in [1.165, 1.54) is 0 Å². The second-order valence-electron chi connectivity index (χ2n) is 4.85. The van der Waals surface area contributed by atoms with Gasteiger partial charge in [-0.2, -0.15) is 0 Å². The summed E-state index contributed by atoms with van der Waals surface area (Å²) in [6.45, 7) is 2.46. The van der Waals surface area contributed by atoms with E-state index in [4.69, 9.17) is 5.11 Å². The third-order valence-electron chi connectivity index (χ3n) is 3.36. The molecule has 0 aromatic carbocycles. The molecule has 1 saturated carbocycles. The molecule has 1 atom stereocenters. The van der Waals surface area contributed by atoms with E-state index in [9.17, 15) is 9.90 Å².